The SMILES string of the molecule is Cc1ccc(S(=O)(=O)N2CCN(C(=O)c3cc(O)c(O)c(O)c3)CC2)cc1C. The molecule has 0 saturated carbocycles. The van der Waals surface area contributed by atoms with E-state index in [0.29, 0.717) is 0 Å². The molecule has 1 saturated heterocycles. The number of sulfonamides is 1. The third-order valence-electron chi connectivity index (χ3n) is 4.96. The van der Waals surface area contributed by atoms with E-state index in [1.165, 1.54) is 9.21 Å². The van der Waals surface area contributed by atoms with Crippen molar-refractivity contribution in [2.45, 2.75) is 18.7 Å². The number of carbonyl (C=O) groups is 1. The minimum atomic E-state index is -3.65. The van der Waals surface area contributed by atoms with Crippen molar-refractivity contribution in [2.24, 2.45) is 0 Å². The minimum absolute atomic E-state index is 0.0123. The maximum absolute atomic E-state index is 12.9. The molecule has 150 valence electrons. The molecule has 1 heterocycles. The molecule has 2 aromatic carbocycles. The minimum Gasteiger partial charge on any atom is -0.504 e. The second-order valence-electron chi connectivity index (χ2n) is 6.81. The van der Waals surface area contributed by atoms with Gasteiger partial charge in [-0.1, -0.05) is 6.07 Å². The smallest absolute Gasteiger partial charge is 0.254 e. The molecular weight excluding hydrogens is 384 g/mol. The highest BCUT2D eigenvalue weighted by Gasteiger charge is 2.31. The number of nitrogens with zero attached hydrogens (tertiary/aromatic N) is 2. The molecule has 1 aliphatic rings. The van der Waals surface area contributed by atoms with Crippen LogP contribution in [0.25, 0.3) is 0 Å². The van der Waals surface area contributed by atoms with Crippen LogP contribution in [0.3, 0.4) is 0 Å². The van der Waals surface area contributed by atoms with Crippen molar-refractivity contribution in [1.82, 2.24) is 9.21 Å². The Balaban J connectivity index is 1.73. The van der Waals surface area contributed by atoms with Crippen LogP contribution in [0.4, 0.5) is 0 Å². The first-order valence-electron chi connectivity index (χ1n) is 8.73. The highest BCUT2D eigenvalue weighted by Crippen LogP contribution is 2.35. The monoisotopic (exact) mass is 406 g/mol. The summed E-state index contributed by atoms with van der Waals surface area (Å²) in [5, 5.41) is 28.5. The van der Waals surface area contributed by atoms with Gasteiger partial charge in [-0.15, -0.1) is 0 Å². The van der Waals surface area contributed by atoms with Crippen molar-refractivity contribution in [2.75, 3.05) is 26.2 Å². The predicted octanol–water partition coefficient (Wildman–Crippen LogP) is 1.57. The van der Waals surface area contributed by atoms with Crippen molar-refractivity contribution in [3.05, 3.63) is 47.0 Å². The average molecular weight is 406 g/mol. The quantitative estimate of drug-likeness (QED) is 0.666. The maximum Gasteiger partial charge on any atom is 0.254 e. The number of aryl methyl sites for hydroxylation is 2. The Hall–Kier alpha value is -2.78. The number of amides is 1. The van der Waals surface area contributed by atoms with E-state index in [9.17, 15) is 28.5 Å². The maximum atomic E-state index is 12.9. The van der Waals surface area contributed by atoms with Gasteiger partial charge in [0.1, 0.15) is 0 Å². The largest absolute Gasteiger partial charge is 0.504 e. The molecule has 0 aromatic heterocycles. The van der Waals surface area contributed by atoms with Crippen LogP contribution in [-0.4, -0.2) is 65.0 Å². The lowest BCUT2D eigenvalue weighted by Gasteiger charge is -2.34. The third kappa shape index (κ3) is 3.63. The van der Waals surface area contributed by atoms with E-state index in [2.05, 4.69) is 0 Å². The molecule has 1 amide bonds. The van der Waals surface area contributed by atoms with Crippen molar-refractivity contribution in [3.8, 4) is 17.2 Å². The van der Waals surface area contributed by atoms with Crippen molar-refractivity contribution in [3.63, 3.8) is 0 Å². The normalized spacial score (nSPS) is 15.6. The van der Waals surface area contributed by atoms with Gasteiger partial charge in [-0.05, 0) is 49.2 Å². The number of piperazine rings is 1. The number of benzene rings is 2. The third-order valence-corrected chi connectivity index (χ3v) is 6.85. The molecule has 9 heteroatoms. The van der Waals surface area contributed by atoms with E-state index < -0.39 is 33.2 Å². The van der Waals surface area contributed by atoms with Crippen LogP contribution in [0.15, 0.2) is 35.2 Å². The van der Waals surface area contributed by atoms with Crippen LogP contribution >= 0.6 is 0 Å². The fourth-order valence-electron chi connectivity index (χ4n) is 3.07. The number of rotatable bonds is 3. The first-order chi connectivity index (χ1) is 13.1. The number of phenols is 3. The fourth-order valence-corrected chi connectivity index (χ4v) is 4.57. The fraction of sp³-hybridized carbons (Fsp3) is 0.316. The molecule has 3 rings (SSSR count). The molecule has 28 heavy (non-hydrogen) atoms. The summed E-state index contributed by atoms with van der Waals surface area (Å²) in [5.74, 6) is -2.35. The lowest BCUT2D eigenvalue weighted by atomic mass is 10.1. The highest BCUT2D eigenvalue weighted by atomic mass is 32.2. The Bertz CT molecular complexity index is 1000. The first-order valence-corrected chi connectivity index (χ1v) is 10.2. The van der Waals surface area contributed by atoms with Gasteiger partial charge in [0, 0.05) is 31.7 Å². The molecule has 3 N–H and O–H groups in total. The molecule has 0 aliphatic carbocycles. The van der Waals surface area contributed by atoms with E-state index in [1.807, 2.05) is 13.8 Å². The second kappa shape index (κ2) is 7.33. The Labute approximate surface area is 163 Å². The molecule has 8 nitrogen and oxygen atoms in total. The summed E-state index contributed by atoms with van der Waals surface area (Å²) in [6, 6.07) is 7.12. The zero-order valence-electron chi connectivity index (χ0n) is 15.6. The van der Waals surface area contributed by atoms with Crippen molar-refractivity contribution < 1.29 is 28.5 Å². The Morgan fingerprint density at radius 1 is 0.893 bits per heavy atom. The second-order valence-corrected chi connectivity index (χ2v) is 8.74. The number of hydrogen-bond donors (Lipinski definition) is 3. The van der Waals surface area contributed by atoms with Crippen LogP contribution in [0.2, 0.25) is 0 Å². The van der Waals surface area contributed by atoms with E-state index in [4.69, 9.17) is 0 Å². The lowest BCUT2D eigenvalue weighted by Crippen LogP contribution is -2.50. The highest BCUT2D eigenvalue weighted by molar-refractivity contribution is 7.89. The van der Waals surface area contributed by atoms with Crippen molar-refractivity contribution >= 4 is 15.9 Å². The van der Waals surface area contributed by atoms with Gasteiger partial charge in [0.2, 0.25) is 10.0 Å². The molecule has 2 aromatic rings. The summed E-state index contributed by atoms with van der Waals surface area (Å²) in [6.07, 6.45) is 0. The molecule has 0 bridgehead atoms. The topological polar surface area (TPSA) is 118 Å². The zero-order chi connectivity index (χ0) is 20.6. The van der Waals surface area contributed by atoms with Crippen molar-refractivity contribution in [1.29, 1.82) is 0 Å². The van der Waals surface area contributed by atoms with Crippen LogP contribution in [0, 0.1) is 13.8 Å². The molecule has 1 fully saturated rings. The summed E-state index contributed by atoms with van der Waals surface area (Å²) in [5.41, 5.74) is 1.91. The van der Waals surface area contributed by atoms with Crippen LogP contribution < -0.4 is 0 Å². The van der Waals surface area contributed by atoms with E-state index in [-0.39, 0.29) is 36.6 Å². The summed E-state index contributed by atoms with van der Waals surface area (Å²) < 4.78 is 27.0. The summed E-state index contributed by atoms with van der Waals surface area (Å²) in [4.78, 5) is 14.2. The average Bonchev–Trinajstić information content (AvgIpc) is 2.67. The molecular formula is C19H22N2O6S. The van der Waals surface area contributed by atoms with E-state index in [1.54, 1.807) is 18.2 Å². The van der Waals surface area contributed by atoms with E-state index in [0.717, 1.165) is 23.3 Å². The Morgan fingerprint density at radius 3 is 2.00 bits per heavy atom. The first kappa shape index (κ1) is 20.0. The lowest BCUT2D eigenvalue weighted by molar-refractivity contribution is 0.0697. The summed E-state index contributed by atoms with van der Waals surface area (Å²) in [7, 11) is -3.65. The van der Waals surface area contributed by atoms with E-state index >= 15 is 0 Å². The number of phenolic OH excluding ortho intramolecular Hbond substituents is 3. The van der Waals surface area contributed by atoms with Crippen LogP contribution in [0.1, 0.15) is 21.5 Å². The van der Waals surface area contributed by atoms with Gasteiger partial charge in [-0.3, -0.25) is 4.79 Å². The van der Waals surface area contributed by atoms with Gasteiger partial charge in [0.25, 0.3) is 5.91 Å². The molecule has 0 atom stereocenters. The number of hydrogen-bond acceptors (Lipinski definition) is 6. The van der Waals surface area contributed by atoms with Gasteiger partial charge in [-0.25, -0.2) is 8.42 Å². The number of carbonyl (C=O) groups excluding carboxylic acids is 1. The molecule has 1 aliphatic heterocycles. The summed E-state index contributed by atoms with van der Waals surface area (Å²) >= 11 is 0. The van der Waals surface area contributed by atoms with Gasteiger partial charge in [-0.2, -0.15) is 4.31 Å². The van der Waals surface area contributed by atoms with Crippen LogP contribution in [-0.2, 0) is 10.0 Å². The summed E-state index contributed by atoms with van der Waals surface area (Å²) in [6.45, 7) is 4.38. The number of aromatic hydroxyl groups is 3. The molecule has 0 spiro atoms. The van der Waals surface area contributed by atoms with Gasteiger partial charge in [0.15, 0.2) is 17.2 Å². The zero-order valence-corrected chi connectivity index (χ0v) is 16.4. The Morgan fingerprint density at radius 2 is 1.46 bits per heavy atom. The predicted molar refractivity (Wildman–Crippen MR) is 102 cm³/mol. The van der Waals surface area contributed by atoms with Gasteiger partial charge >= 0.3 is 0 Å². The molecule has 0 unspecified atom stereocenters. The van der Waals surface area contributed by atoms with Gasteiger partial charge < -0.3 is 20.2 Å². The molecule has 0 radical (unpaired) electrons. The van der Waals surface area contributed by atoms with Crippen LogP contribution in [0.5, 0.6) is 17.2 Å². The Kier molecular flexibility index (Phi) is 5.22. The standard InChI is InChI=1S/C19H22N2O6S/c1-12-3-4-15(9-13(12)2)28(26,27)21-7-5-20(6-8-21)19(25)14-10-16(22)18(24)17(23)11-14/h3-4,9-11,22-24H,5-8H2,1-2H3. The van der Waals surface area contributed by atoms with Gasteiger partial charge in [0.05, 0.1) is 4.90 Å².